The molecule has 1 atom stereocenters. The second-order valence-corrected chi connectivity index (χ2v) is 5.97. The van der Waals surface area contributed by atoms with E-state index in [-0.39, 0.29) is 5.54 Å². The number of para-hydroxylation sites is 1. The van der Waals surface area contributed by atoms with Crippen LogP contribution in [-0.4, -0.2) is 24.7 Å². The fraction of sp³-hybridized carbons (Fsp3) is 0.533. The number of nitrogens with two attached hydrogens (primary N) is 1. The molecule has 1 aromatic rings. The lowest BCUT2D eigenvalue weighted by Gasteiger charge is -2.25. The topological polar surface area (TPSA) is 59.6 Å². The van der Waals surface area contributed by atoms with Crippen molar-refractivity contribution in [2.45, 2.75) is 38.6 Å². The summed E-state index contributed by atoms with van der Waals surface area (Å²) in [7, 11) is 0. The SMILES string of the molecule is CC(C)(C)NC(N)=NCC1CCOc2ccccc21. The van der Waals surface area contributed by atoms with Crippen LogP contribution in [0.3, 0.4) is 0 Å². The number of hydrogen-bond donors (Lipinski definition) is 2. The van der Waals surface area contributed by atoms with Gasteiger partial charge in [-0.2, -0.15) is 0 Å². The lowest BCUT2D eigenvalue weighted by molar-refractivity contribution is 0.269. The molecule has 0 amide bonds. The number of guanidine groups is 1. The van der Waals surface area contributed by atoms with E-state index in [1.807, 2.05) is 18.2 Å². The molecule has 1 aliphatic rings. The van der Waals surface area contributed by atoms with Gasteiger partial charge in [0, 0.05) is 18.0 Å². The molecular weight excluding hydrogens is 238 g/mol. The molecule has 0 fully saturated rings. The second-order valence-electron chi connectivity index (χ2n) is 5.97. The third-order valence-corrected chi connectivity index (χ3v) is 3.07. The molecule has 0 spiro atoms. The summed E-state index contributed by atoms with van der Waals surface area (Å²) in [5.74, 6) is 1.89. The fourth-order valence-corrected chi connectivity index (χ4v) is 2.24. The molecule has 0 saturated carbocycles. The van der Waals surface area contributed by atoms with Crippen LogP contribution in [0.15, 0.2) is 29.3 Å². The highest BCUT2D eigenvalue weighted by molar-refractivity contribution is 5.78. The third-order valence-electron chi connectivity index (χ3n) is 3.07. The van der Waals surface area contributed by atoms with Crippen LogP contribution >= 0.6 is 0 Å². The highest BCUT2D eigenvalue weighted by Crippen LogP contribution is 2.33. The minimum Gasteiger partial charge on any atom is -0.493 e. The number of ether oxygens (including phenoxy) is 1. The van der Waals surface area contributed by atoms with Crippen LogP contribution in [0.2, 0.25) is 0 Å². The van der Waals surface area contributed by atoms with Gasteiger partial charge in [0.1, 0.15) is 5.75 Å². The van der Waals surface area contributed by atoms with Gasteiger partial charge in [-0.25, -0.2) is 0 Å². The molecule has 19 heavy (non-hydrogen) atoms. The molecule has 0 radical (unpaired) electrons. The molecule has 0 saturated heterocycles. The first-order chi connectivity index (χ1) is 8.96. The maximum atomic E-state index is 5.90. The predicted octanol–water partition coefficient (Wildman–Crippen LogP) is 2.26. The van der Waals surface area contributed by atoms with Crippen molar-refractivity contribution in [1.82, 2.24) is 5.32 Å². The summed E-state index contributed by atoms with van der Waals surface area (Å²) in [5.41, 5.74) is 7.09. The van der Waals surface area contributed by atoms with Gasteiger partial charge in [0.2, 0.25) is 0 Å². The van der Waals surface area contributed by atoms with Crippen LogP contribution in [0.1, 0.15) is 38.7 Å². The quantitative estimate of drug-likeness (QED) is 0.634. The van der Waals surface area contributed by atoms with E-state index in [4.69, 9.17) is 10.5 Å². The van der Waals surface area contributed by atoms with E-state index >= 15 is 0 Å². The Hall–Kier alpha value is -1.71. The van der Waals surface area contributed by atoms with Crippen LogP contribution < -0.4 is 15.8 Å². The summed E-state index contributed by atoms with van der Waals surface area (Å²) in [5, 5.41) is 3.18. The lowest BCUT2D eigenvalue weighted by Crippen LogP contribution is -2.45. The molecule has 1 aliphatic heterocycles. The van der Waals surface area contributed by atoms with E-state index in [0.717, 1.165) is 18.8 Å². The standard InChI is InChI=1S/C15H23N3O/c1-15(2,3)18-14(16)17-10-11-8-9-19-13-7-5-4-6-12(11)13/h4-7,11H,8-10H2,1-3H3,(H3,16,17,18). The molecule has 2 rings (SSSR count). The Labute approximate surface area is 115 Å². The molecule has 0 bridgehead atoms. The number of hydrogen-bond acceptors (Lipinski definition) is 2. The maximum absolute atomic E-state index is 5.90. The minimum absolute atomic E-state index is 0.0544. The number of rotatable bonds is 2. The predicted molar refractivity (Wildman–Crippen MR) is 78.7 cm³/mol. The molecule has 1 heterocycles. The number of benzene rings is 1. The minimum atomic E-state index is -0.0544. The van der Waals surface area contributed by atoms with Crippen LogP contribution in [0.4, 0.5) is 0 Å². The second kappa shape index (κ2) is 5.51. The van der Waals surface area contributed by atoms with Crippen LogP contribution in [0.5, 0.6) is 5.75 Å². The monoisotopic (exact) mass is 261 g/mol. The molecule has 4 heteroatoms. The molecule has 0 aromatic heterocycles. The van der Waals surface area contributed by atoms with Crippen LogP contribution in [0, 0.1) is 0 Å². The van der Waals surface area contributed by atoms with Gasteiger partial charge < -0.3 is 15.8 Å². The molecule has 1 unspecified atom stereocenters. The Kier molecular flexibility index (Phi) is 3.98. The van der Waals surface area contributed by atoms with E-state index in [1.54, 1.807) is 0 Å². The van der Waals surface area contributed by atoms with Crippen LogP contribution in [0.25, 0.3) is 0 Å². The van der Waals surface area contributed by atoms with Crippen molar-refractivity contribution in [1.29, 1.82) is 0 Å². The van der Waals surface area contributed by atoms with Crippen molar-refractivity contribution in [3.8, 4) is 5.75 Å². The van der Waals surface area contributed by atoms with Gasteiger partial charge in [0.25, 0.3) is 0 Å². The molecular formula is C15H23N3O. The van der Waals surface area contributed by atoms with Crippen molar-refractivity contribution < 1.29 is 4.74 Å². The smallest absolute Gasteiger partial charge is 0.189 e. The van der Waals surface area contributed by atoms with Crippen molar-refractivity contribution in [3.63, 3.8) is 0 Å². The maximum Gasteiger partial charge on any atom is 0.189 e. The zero-order valence-electron chi connectivity index (χ0n) is 11.9. The Morgan fingerprint density at radius 2 is 2.16 bits per heavy atom. The number of fused-ring (bicyclic) bond motifs is 1. The van der Waals surface area contributed by atoms with Gasteiger partial charge in [0.05, 0.1) is 6.61 Å². The molecule has 0 aliphatic carbocycles. The van der Waals surface area contributed by atoms with Crippen molar-refractivity contribution in [3.05, 3.63) is 29.8 Å². The summed E-state index contributed by atoms with van der Waals surface area (Å²) in [6.45, 7) is 7.66. The highest BCUT2D eigenvalue weighted by atomic mass is 16.5. The van der Waals surface area contributed by atoms with Gasteiger partial charge in [-0.1, -0.05) is 18.2 Å². The summed E-state index contributed by atoms with van der Waals surface area (Å²) in [6.07, 6.45) is 0.989. The van der Waals surface area contributed by atoms with Crippen LogP contribution in [-0.2, 0) is 0 Å². The zero-order valence-corrected chi connectivity index (χ0v) is 11.9. The van der Waals surface area contributed by atoms with Gasteiger partial charge >= 0.3 is 0 Å². The van der Waals surface area contributed by atoms with E-state index in [0.29, 0.717) is 18.4 Å². The highest BCUT2D eigenvalue weighted by Gasteiger charge is 2.20. The average molecular weight is 261 g/mol. The normalized spacial score (nSPS) is 19.5. The molecule has 1 aromatic carbocycles. The van der Waals surface area contributed by atoms with E-state index in [2.05, 4.69) is 37.1 Å². The van der Waals surface area contributed by atoms with Crippen molar-refractivity contribution >= 4 is 5.96 Å². The Morgan fingerprint density at radius 3 is 2.89 bits per heavy atom. The first-order valence-electron chi connectivity index (χ1n) is 6.75. The summed E-state index contributed by atoms with van der Waals surface area (Å²) in [6, 6.07) is 8.17. The largest absolute Gasteiger partial charge is 0.493 e. The van der Waals surface area contributed by atoms with E-state index in [9.17, 15) is 0 Å². The zero-order chi connectivity index (χ0) is 13.9. The average Bonchev–Trinajstić information content (AvgIpc) is 2.34. The lowest BCUT2D eigenvalue weighted by atomic mass is 9.93. The first-order valence-corrected chi connectivity index (χ1v) is 6.75. The van der Waals surface area contributed by atoms with E-state index in [1.165, 1.54) is 5.56 Å². The Balaban J connectivity index is 2.03. The van der Waals surface area contributed by atoms with Gasteiger partial charge in [-0.3, -0.25) is 4.99 Å². The Bertz CT molecular complexity index is 463. The van der Waals surface area contributed by atoms with Gasteiger partial charge in [0.15, 0.2) is 5.96 Å². The fourth-order valence-electron chi connectivity index (χ4n) is 2.24. The molecule has 3 N–H and O–H groups in total. The number of nitrogens with zero attached hydrogens (tertiary/aromatic N) is 1. The summed E-state index contributed by atoms with van der Waals surface area (Å²) >= 11 is 0. The van der Waals surface area contributed by atoms with Crippen molar-refractivity contribution in [2.75, 3.05) is 13.2 Å². The summed E-state index contributed by atoms with van der Waals surface area (Å²) < 4.78 is 5.65. The Morgan fingerprint density at radius 1 is 1.42 bits per heavy atom. The number of aliphatic imine (C=N–C) groups is 1. The van der Waals surface area contributed by atoms with Crippen molar-refractivity contribution in [2.24, 2.45) is 10.7 Å². The van der Waals surface area contributed by atoms with E-state index < -0.39 is 0 Å². The molecule has 4 nitrogen and oxygen atoms in total. The molecule has 104 valence electrons. The first kappa shape index (κ1) is 13.7. The third kappa shape index (κ3) is 3.88. The summed E-state index contributed by atoms with van der Waals surface area (Å²) in [4.78, 5) is 4.46. The van der Waals surface area contributed by atoms with Gasteiger partial charge in [-0.15, -0.1) is 0 Å². The van der Waals surface area contributed by atoms with Gasteiger partial charge in [-0.05, 0) is 38.8 Å². The number of nitrogens with one attached hydrogen (secondary N) is 1.